The molecule has 0 aliphatic heterocycles. The van der Waals surface area contributed by atoms with Crippen LogP contribution in [0, 0.1) is 18.3 Å². The van der Waals surface area contributed by atoms with Crippen LogP contribution in [0.5, 0.6) is 0 Å². The molecule has 2 aromatic rings. The van der Waals surface area contributed by atoms with Gasteiger partial charge in [-0.3, -0.25) is 0 Å². The van der Waals surface area contributed by atoms with Crippen LogP contribution in [0.2, 0.25) is 0 Å². The minimum Gasteiger partial charge on any atom is -0.226 e. The van der Waals surface area contributed by atoms with Gasteiger partial charge in [-0.1, -0.05) is 19.1 Å². The molecule has 2 rings (SSSR count). The molecule has 0 saturated carbocycles. The summed E-state index contributed by atoms with van der Waals surface area (Å²) in [5, 5.41) is 13.3. The molecule has 0 atom stereocenters. The first kappa shape index (κ1) is 12.8. The second kappa shape index (κ2) is 5.36. The highest BCUT2D eigenvalue weighted by Gasteiger charge is 2.13. The summed E-state index contributed by atoms with van der Waals surface area (Å²) in [4.78, 5) is 0. The molecular weight excluding hydrogens is 290 g/mol. The van der Waals surface area contributed by atoms with Gasteiger partial charge in [0.15, 0.2) is 0 Å². The number of aryl methyl sites for hydroxylation is 2. The summed E-state index contributed by atoms with van der Waals surface area (Å²) >= 11 is 3.52. The third-order valence-corrected chi connectivity index (χ3v) is 3.78. The van der Waals surface area contributed by atoms with Crippen LogP contribution in [0.15, 0.2) is 28.9 Å². The van der Waals surface area contributed by atoms with Crippen LogP contribution < -0.4 is 0 Å². The van der Waals surface area contributed by atoms with Crippen LogP contribution in [0.1, 0.15) is 23.7 Å². The van der Waals surface area contributed by atoms with Gasteiger partial charge in [-0.25, -0.2) is 4.68 Å². The molecule has 4 heteroatoms. The van der Waals surface area contributed by atoms with Gasteiger partial charge in [0, 0.05) is 5.56 Å². The summed E-state index contributed by atoms with van der Waals surface area (Å²) in [6.45, 7) is 4.06. The fraction of sp³-hybridized carbons (Fsp3) is 0.286. The summed E-state index contributed by atoms with van der Waals surface area (Å²) in [6, 6.07) is 10.5. The minimum absolute atomic E-state index is 0.374. The van der Waals surface area contributed by atoms with Crippen LogP contribution in [-0.2, 0) is 12.8 Å². The quantitative estimate of drug-likeness (QED) is 0.870. The average molecular weight is 304 g/mol. The number of benzene rings is 1. The van der Waals surface area contributed by atoms with Gasteiger partial charge in [-0.2, -0.15) is 10.4 Å². The van der Waals surface area contributed by atoms with Crippen molar-refractivity contribution in [3.8, 4) is 11.8 Å². The zero-order chi connectivity index (χ0) is 13.1. The van der Waals surface area contributed by atoms with Crippen LogP contribution in [0.3, 0.4) is 0 Å². The molecule has 0 spiro atoms. The average Bonchev–Trinajstić information content (AvgIpc) is 2.67. The van der Waals surface area contributed by atoms with E-state index in [2.05, 4.69) is 46.2 Å². The number of rotatable bonds is 3. The summed E-state index contributed by atoms with van der Waals surface area (Å²) in [6.07, 6.45) is 1.40. The Kier molecular flexibility index (Phi) is 3.83. The second-order valence-corrected chi connectivity index (χ2v) is 4.87. The van der Waals surface area contributed by atoms with Crippen LogP contribution in [0.25, 0.3) is 5.69 Å². The van der Waals surface area contributed by atoms with Crippen LogP contribution in [0.4, 0.5) is 0 Å². The molecule has 0 saturated heterocycles. The van der Waals surface area contributed by atoms with Gasteiger partial charge in [0.2, 0.25) is 0 Å². The monoisotopic (exact) mass is 303 g/mol. The zero-order valence-corrected chi connectivity index (χ0v) is 12.0. The first-order chi connectivity index (χ1) is 8.67. The van der Waals surface area contributed by atoms with E-state index in [-0.39, 0.29) is 0 Å². The second-order valence-electron chi connectivity index (χ2n) is 4.12. The molecule has 1 heterocycles. The lowest BCUT2D eigenvalue weighted by atomic mass is 10.1. The van der Waals surface area contributed by atoms with Crippen molar-refractivity contribution in [1.29, 1.82) is 5.26 Å². The Bertz CT molecular complexity index is 591. The number of nitrogens with zero attached hydrogens (tertiary/aromatic N) is 3. The number of aromatic nitrogens is 2. The van der Waals surface area contributed by atoms with Crippen LogP contribution >= 0.6 is 15.9 Å². The van der Waals surface area contributed by atoms with Gasteiger partial charge >= 0.3 is 0 Å². The van der Waals surface area contributed by atoms with E-state index in [9.17, 15) is 0 Å². The fourth-order valence-corrected chi connectivity index (χ4v) is 2.57. The standard InChI is InChI=1S/C14H14BrN3/c1-3-11-4-6-12(7-5-11)18-14(15)13(8-9-16)10(2)17-18/h4-7H,3,8H2,1-2H3. The van der Waals surface area contributed by atoms with E-state index in [4.69, 9.17) is 5.26 Å². The summed E-state index contributed by atoms with van der Waals surface area (Å²) in [7, 11) is 0. The first-order valence-corrected chi connectivity index (χ1v) is 6.67. The third-order valence-electron chi connectivity index (χ3n) is 2.97. The molecule has 0 unspecified atom stereocenters. The number of halogens is 1. The van der Waals surface area contributed by atoms with Crippen molar-refractivity contribution < 1.29 is 0 Å². The lowest BCUT2D eigenvalue weighted by Gasteiger charge is -2.04. The summed E-state index contributed by atoms with van der Waals surface area (Å²) < 4.78 is 2.70. The lowest BCUT2D eigenvalue weighted by molar-refractivity contribution is 0.844. The molecule has 18 heavy (non-hydrogen) atoms. The molecule has 3 nitrogen and oxygen atoms in total. The van der Waals surface area contributed by atoms with E-state index in [0.29, 0.717) is 6.42 Å². The molecule has 92 valence electrons. The molecule has 1 aromatic heterocycles. The minimum atomic E-state index is 0.374. The molecule has 0 bridgehead atoms. The Morgan fingerprint density at radius 1 is 1.33 bits per heavy atom. The molecule has 0 radical (unpaired) electrons. The van der Waals surface area contributed by atoms with E-state index in [1.165, 1.54) is 5.56 Å². The van der Waals surface area contributed by atoms with Crippen molar-refractivity contribution >= 4 is 15.9 Å². The van der Waals surface area contributed by atoms with E-state index in [1.807, 2.05) is 23.7 Å². The highest BCUT2D eigenvalue weighted by atomic mass is 79.9. The lowest BCUT2D eigenvalue weighted by Crippen LogP contribution is -1.97. The number of hydrogen-bond acceptors (Lipinski definition) is 2. The Hall–Kier alpha value is -1.60. The maximum atomic E-state index is 8.81. The predicted octanol–water partition coefficient (Wildman–Crippen LogP) is 3.57. The highest BCUT2D eigenvalue weighted by Crippen LogP contribution is 2.24. The normalized spacial score (nSPS) is 10.3. The van der Waals surface area contributed by atoms with Gasteiger partial charge in [-0.15, -0.1) is 0 Å². The highest BCUT2D eigenvalue weighted by molar-refractivity contribution is 9.10. The summed E-state index contributed by atoms with van der Waals surface area (Å²) in [5.74, 6) is 0. The van der Waals surface area contributed by atoms with Crippen molar-refractivity contribution in [2.24, 2.45) is 0 Å². The first-order valence-electron chi connectivity index (χ1n) is 5.87. The van der Waals surface area contributed by atoms with Crippen LogP contribution in [-0.4, -0.2) is 9.78 Å². The topological polar surface area (TPSA) is 41.6 Å². The Morgan fingerprint density at radius 2 is 2.00 bits per heavy atom. The van der Waals surface area contributed by atoms with E-state index in [1.54, 1.807) is 0 Å². The molecule has 0 fully saturated rings. The van der Waals surface area contributed by atoms with Crippen molar-refractivity contribution in [3.63, 3.8) is 0 Å². The number of hydrogen-bond donors (Lipinski definition) is 0. The fourth-order valence-electron chi connectivity index (χ4n) is 1.86. The van der Waals surface area contributed by atoms with Gasteiger partial charge in [0.1, 0.15) is 4.60 Å². The van der Waals surface area contributed by atoms with Crippen molar-refractivity contribution in [2.45, 2.75) is 26.7 Å². The molecule has 0 aliphatic rings. The number of nitriles is 1. The predicted molar refractivity (Wildman–Crippen MR) is 74.7 cm³/mol. The van der Waals surface area contributed by atoms with Gasteiger partial charge in [0.05, 0.1) is 23.9 Å². The van der Waals surface area contributed by atoms with E-state index >= 15 is 0 Å². The Labute approximate surface area is 115 Å². The maximum Gasteiger partial charge on any atom is 0.114 e. The molecule has 1 aromatic carbocycles. The van der Waals surface area contributed by atoms with Gasteiger partial charge in [0.25, 0.3) is 0 Å². The molecular formula is C14H14BrN3. The molecule has 0 amide bonds. The zero-order valence-electron chi connectivity index (χ0n) is 10.4. The third kappa shape index (κ3) is 2.32. The Balaban J connectivity index is 2.44. The maximum absolute atomic E-state index is 8.81. The van der Waals surface area contributed by atoms with E-state index < -0.39 is 0 Å². The van der Waals surface area contributed by atoms with Crippen molar-refractivity contribution in [2.75, 3.05) is 0 Å². The molecule has 0 N–H and O–H groups in total. The largest absolute Gasteiger partial charge is 0.226 e. The van der Waals surface area contributed by atoms with Gasteiger partial charge in [-0.05, 0) is 47.0 Å². The van der Waals surface area contributed by atoms with E-state index in [0.717, 1.165) is 28.0 Å². The molecule has 0 aliphatic carbocycles. The Morgan fingerprint density at radius 3 is 2.56 bits per heavy atom. The van der Waals surface area contributed by atoms with Crippen molar-refractivity contribution in [3.05, 3.63) is 45.7 Å². The van der Waals surface area contributed by atoms with Gasteiger partial charge < -0.3 is 0 Å². The van der Waals surface area contributed by atoms with Crippen molar-refractivity contribution in [1.82, 2.24) is 9.78 Å². The summed E-state index contributed by atoms with van der Waals surface area (Å²) in [5.41, 5.74) is 4.16. The SMILES string of the molecule is CCc1ccc(-n2nc(C)c(CC#N)c2Br)cc1. The smallest absolute Gasteiger partial charge is 0.114 e.